The molecule has 4 heterocycles. The van der Waals surface area contributed by atoms with Crippen LogP contribution >= 0.6 is 11.6 Å². The second-order valence-corrected chi connectivity index (χ2v) is 8.48. The Morgan fingerprint density at radius 3 is 2.75 bits per heavy atom. The van der Waals surface area contributed by atoms with Crippen LogP contribution in [0.1, 0.15) is 23.2 Å². The Labute approximate surface area is 189 Å². The lowest BCUT2D eigenvalue weighted by molar-refractivity contribution is -0.120. The van der Waals surface area contributed by atoms with Crippen LogP contribution in [0.4, 0.5) is 11.4 Å². The highest BCUT2D eigenvalue weighted by molar-refractivity contribution is 6.31. The smallest absolute Gasteiger partial charge is 0.257 e. The molecule has 0 aliphatic carbocycles. The van der Waals surface area contributed by atoms with E-state index in [2.05, 4.69) is 21.4 Å². The number of rotatable bonds is 2. The standard InChI is InChI=1S/C25H18ClN5O/c1-15-19(12-16-6-5-11-27-23(16)28-15)22-14-25(31(30-22)18-7-3-2-4-8-18)20-13-17(26)9-10-21(20)29-24(25)32/h2-13H,14H2,1H3,(H,29,32). The van der Waals surface area contributed by atoms with Gasteiger partial charge in [-0.25, -0.2) is 15.0 Å². The maximum Gasteiger partial charge on any atom is 0.257 e. The van der Waals surface area contributed by atoms with Crippen molar-refractivity contribution in [2.75, 3.05) is 10.3 Å². The van der Waals surface area contributed by atoms with Crippen molar-refractivity contribution < 1.29 is 4.79 Å². The largest absolute Gasteiger partial charge is 0.323 e. The van der Waals surface area contributed by atoms with E-state index >= 15 is 0 Å². The average Bonchev–Trinajstić information content (AvgIpc) is 3.33. The summed E-state index contributed by atoms with van der Waals surface area (Å²) in [7, 11) is 0. The molecule has 6 rings (SSSR count). The van der Waals surface area contributed by atoms with E-state index in [4.69, 9.17) is 16.7 Å². The van der Waals surface area contributed by atoms with E-state index in [0.29, 0.717) is 17.1 Å². The van der Waals surface area contributed by atoms with E-state index in [1.807, 2.05) is 66.5 Å². The van der Waals surface area contributed by atoms with Crippen molar-refractivity contribution >= 4 is 45.6 Å². The minimum absolute atomic E-state index is 0.120. The SMILES string of the molecule is Cc1nc2ncccc2cc1C1=NN(c2ccccc2)C2(C1)C(=O)Nc1ccc(Cl)cc12. The summed E-state index contributed by atoms with van der Waals surface area (Å²) in [4.78, 5) is 22.6. The number of benzene rings is 2. The normalized spacial score (nSPS) is 19.4. The molecule has 2 aromatic carbocycles. The zero-order valence-corrected chi connectivity index (χ0v) is 18.0. The maximum atomic E-state index is 13.5. The molecule has 32 heavy (non-hydrogen) atoms. The van der Waals surface area contributed by atoms with Crippen LogP contribution in [-0.4, -0.2) is 21.6 Å². The number of amides is 1. The van der Waals surface area contributed by atoms with Crippen LogP contribution in [0, 0.1) is 6.92 Å². The van der Waals surface area contributed by atoms with Gasteiger partial charge in [0.15, 0.2) is 11.2 Å². The lowest BCUT2D eigenvalue weighted by Gasteiger charge is -2.32. The van der Waals surface area contributed by atoms with Gasteiger partial charge in [-0.15, -0.1) is 0 Å². The quantitative estimate of drug-likeness (QED) is 0.474. The van der Waals surface area contributed by atoms with Crippen LogP contribution in [0.15, 0.2) is 78.0 Å². The number of anilines is 2. The van der Waals surface area contributed by atoms with Gasteiger partial charge in [-0.1, -0.05) is 29.8 Å². The van der Waals surface area contributed by atoms with Gasteiger partial charge in [0.05, 0.1) is 11.4 Å². The molecule has 156 valence electrons. The van der Waals surface area contributed by atoms with Crippen molar-refractivity contribution in [2.45, 2.75) is 18.9 Å². The molecule has 6 nitrogen and oxygen atoms in total. The number of nitrogens with one attached hydrogen (secondary N) is 1. The Morgan fingerprint density at radius 1 is 1.06 bits per heavy atom. The summed E-state index contributed by atoms with van der Waals surface area (Å²) < 4.78 is 0. The topological polar surface area (TPSA) is 70.5 Å². The third-order valence-electron chi connectivity index (χ3n) is 6.15. The Morgan fingerprint density at radius 2 is 1.91 bits per heavy atom. The van der Waals surface area contributed by atoms with Gasteiger partial charge in [-0.2, -0.15) is 5.10 Å². The number of aromatic nitrogens is 2. The molecule has 1 spiro atoms. The molecule has 2 aliphatic rings. The van der Waals surface area contributed by atoms with Crippen molar-refractivity contribution in [3.8, 4) is 0 Å². The summed E-state index contributed by atoms with van der Waals surface area (Å²) in [5.41, 5.74) is 4.62. The summed E-state index contributed by atoms with van der Waals surface area (Å²) in [6, 6.07) is 21.2. The number of carbonyl (C=O) groups excluding carboxylic acids is 1. The van der Waals surface area contributed by atoms with E-state index in [0.717, 1.165) is 39.3 Å². The molecule has 0 radical (unpaired) electrons. The number of halogens is 1. The summed E-state index contributed by atoms with van der Waals surface area (Å²) >= 11 is 6.36. The number of para-hydroxylation sites is 1. The van der Waals surface area contributed by atoms with Crippen LogP contribution < -0.4 is 10.3 Å². The molecule has 0 saturated carbocycles. The second kappa shape index (κ2) is 6.87. The van der Waals surface area contributed by atoms with Gasteiger partial charge in [0.2, 0.25) is 0 Å². The fraction of sp³-hybridized carbons (Fsp3) is 0.120. The highest BCUT2D eigenvalue weighted by atomic mass is 35.5. The Hall–Kier alpha value is -3.77. The summed E-state index contributed by atoms with van der Waals surface area (Å²) in [5.74, 6) is -0.120. The van der Waals surface area contributed by atoms with E-state index in [1.165, 1.54) is 0 Å². The molecule has 4 aromatic rings. The van der Waals surface area contributed by atoms with Crippen LogP contribution in [-0.2, 0) is 10.3 Å². The number of hydrazone groups is 1. The van der Waals surface area contributed by atoms with E-state index < -0.39 is 5.54 Å². The highest BCUT2D eigenvalue weighted by Crippen LogP contribution is 2.49. The summed E-state index contributed by atoms with van der Waals surface area (Å²) in [5, 5.41) is 11.4. The van der Waals surface area contributed by atoms with Crippen LogP contribution in [0.3, 0.4) is 0 Å². The number of fused-ring (bicyclic) bond motifs is 3. The van der Waals surface area contributed by atoms with Gasteiger partial charge in [-0.05, 0) is 55.5 Å². The average molecular weight is 440 g/mol. The predicted molar refractivity (Wildman–Crippen MR) is 126 cm³/mol. The molecule has 0 saturated heterocycles. The van der Waals surface area contributed by atoms with Gasteiger partial charge in [0.1, 0.15) is 0 Å². The first-order valence-corrected chi connectivity index (χ1v) is 10.7. The van der Waals surface area contributed by atoms with Gasteiger partial charge in [0, 0.05) is 45.5 Å². The molecule has 2 aromatic heterocycles. The molecule has 1 N–H and O–H groups in total. The van der Waals surface area contributed by atoms with Gasteiger partial charge < -0.3 is 5.32 Å². The first-order valence-electron chi connectivity index (χ1n) is 10.3. The summed E-state index contributed by atoms with van der Waals surface area (Å²) in [6.45, 7) is 1.95. The molecule has 0 fully saturated rings. The van der Waals surface area contributed by atoms with Crippen LogP contribution in [0.5, 0.6) is 0 Å². The van der Waals surface area contributed by atoms with Crippen molar-refractivity contribution in [3.05, 3.63) is 94.8 Å². The van der Waals surface area contributed by atoms with Crippen molar-refractivity contribution in [1.82, 2.24) is 9.97 Å². The summed E-state index contributed by atoms with van der Waals surface area (Å²) in [6.07, 6.45) is 2.13. The first kappa shape index (κ1) is 19.0. The predicted octanol–water partition coefficient (Wildman–Crippen LogP) is 5.05. The number of aryl methyl sites for hydroxylation is 1. The number of hydrogen-bond acceptors (Lipinski definition) is 5. The monoisotopic (exact) mass is 439 g/mol. The molecule has 2 aliphatic heterocycles. The Balaban J connectivity index is 1.57. The molecule has 1 unspecified atom stereocenters. The molecular formula is C25H18ClN5O. The van der Waals surface area contributed by atoms with E-state index in [9.17, 15) is 4.79 Å². The number of pyridine rings is 2. The molecule has 7 heteroatoms. The maximum absolute atomic E-state index is 13.5. The van der Waals surface area contributed by atoms with Crippen molar-refractivity contribution in [2.24, 2.45) is 5.10 Å². The van der Waals surface area contributed by atoms with Gasteiger partial charge >= 0.3 is 0 Å². The number of nitrogens with zero attached hydrogens (tertiary/aromatic N) is 4. The third-order valence-corrected chi connectivity index (χ3v) is 6.38. The van der Waals surface area contributed by atoms with Gasteiger partial charge in [-0.3, -0.25) is 4.79 Å². The van der Waals surface area contributed by atoms with Crippen LogP contribution in [0.25, 0.3) is 11.0 Å². The first-order chi connectivity index (χ1) is 15.6. The van der Waals surface area contributed by atoms with Crippen molar-refractivity contribution in [3.63, 3.8) is 0 Å². The Bertz CT molecular complexity index is 1440. The number of hydrogen-bond donors (Lipinski definition) is 1. The fourth-order valence-corrected chi connectivity index (χ4v) is 4.82. The zero-order chi connectivity index (χ0) is 21.9. The second-order valence-electron chi connectivity index (χ2n) is 8.05. The molecule has 0 bridgehead atoms. The minimum atomic E-state index is -1.02. The number of carbonyl (C=O) groups is 1. The van der Waals surface area contributed by atoms with Gasteiger partial charge in [0.25, 0.3) is 5.91 Å². The van der Waals surface area contributed by atoms with E-state index in [1.54, 1.807) is 12.3 Å². The lowest BCUT2D eigenvalue weighted by Crippen LogP contribution is -2.46. The Kier molecular flexibility index (Phi) is 4.07. The molecule has 1 amide bonds. The fourth-order valence-electron chi connectivity index (χ4n) is 4.64. The zero-order valence-electron chi connectivity index (χ0n) is 17.2. The lowest BCUT2D eigenvalue weighted by atomic mass is 9.84. The highest BCUT2D eigenvalue weighted by Gasteiger charge is 2.56. The minimum Gasteiger partial charge on any atom is -0.323 e. The molecule has 1 atom stereocenters. The third kappa shape index (κ3) is 2.66. The molecular weight excluding hydrogens is 422 g/mol. The van der Waals surface area contributed by atoms with E-state index in [-0.39, 0.29) is 5.91 Å². The van der Waals surface area contributed by atoms with Crippen molar-refractivity contribution in [1.29, 1.82) is 0 Å². The van der Waals surface area contributed by atoms with Crippen LogP contribution in [0.2, 0.25) is 5.02 Å².